The van der Waals surface area contributed by atoms with Gasteiger partial charge in [0.05, 0.1) is 12.9 Å². The van der Waals surface area contributed by atoms with E-state index in [0.29, 0.717) is 11.7 Å². The summed E-state index contributed by atoms with van der Waals surface area (Å²) in [6.45, 7) is 2.74. The quantitative estimate of drug-likeness (QED) is 0.644. The summed E-state index contributed by atoms with van der Waals surface area (Å²) in [5.74, 6) is 1.72. The first kappa shape index (κ1) is 18.0. The molecular weight excluding hydrogens is 348 g/mol. The fourth-order valence-electron chi connectivity index (χ4n) is 2.50. The molecule has 0 saturated heterocycles. The zero-order valence-electron chi connectivity index (χ0n) is 14.7. The predicted octanol–water partition coefficient (Wildman–Crippen LogP) is 3.70. The van der Waals surface area contributed by atoms with Crippen molar-refractivity contribution in [3.8, 4) is 17.1 Å². The summed E-state index contributed by atoms with van der Waals surface area (Å²) >= 11 is 1.37. The largest absolute Gasteiger partial charge is 0.497 e. The standard InChI is InChI=1S/C19H20N4O2S/c1-3-23-18(14-8-7-11-16(12-14)25-2)21-22-19(23)26-13-17(24)20-15-9-5-4-6-10-15/h4-12H,3,13H2,1-2H3,(H,20,24). The molecule has 0 atom stereocenters. The van der Waals surface area contributed by atoms with Gasteiger partial charge in [-0.15, -0.1) is 10.2 Å². The van der Waals surface area contributed by atoms with Crippen LogP contribution in [0.4, 0.5) is 5.69 Å². The van der Waals surface area contributed by atoms with Gasteiger partial charge < -0.3 is 14.6 Å². The first-order valence-corrected chi connectivity index (χ1v) is 9.25. The lowest BCUT2D eigenvalue weighted by atomic mass is 10.2. The van der Waals surface area contributed by atoms with E-state index in [1.54, 1.807) is 7.11 Å². The molecule has 0 saturated carbocycles. The molecule has 1 aromatic heterocycles. The van der Waals surface area contributed by atoms with Gasteiger partial charge in [-0.05, 0) is 31.2 Å². The summed E-state index contributed by atoms with van der Waals surface area (Å²) in [6, 6.07) is 17.1. The molecular formula is C19H20N4O2S. The number of rotatable bonds is 7. The van der Waals surface area contributed by atoms with Gasteiger partial charge in [0, 0.05) is 17.8 Å². The minimum atomic E-state index is -0.0743. The smallest absolute Gasteiger partial charge is 0.234 e. The molecule has 2 aromatic carbocycles. The molecule has 0 spiro atoms. The number of hydrogen-bond acceptors (Lipinski definition) is 5. The Balaban J connectivity index is 1.71. The number of para-hydroxylation sites is 1. The summed E-state index contributed by atoms with van der Waals surface area (Å²) in [5.41, 5.74) is 1.71. The second-order valence-corrected chi connectivity index (χ2v) is 6.43. The number of carbonyl (C=O) groups is 1. The molecule has 0 aliphatic heterocycles. The fraction of sp³-hybridized carbons (Fsp3) is 0.211. The fourth-order valence-corrected chi connectivity index (χ4v) is 3.31. The summed E-state index contributed by atoms with van der Waals surface area (Å²) < 4.78 is 7.27. The van der Waals surface area contributed by atoms with Crippen molar-refractivity contribution in [2.24, 2.45) is 0 Å². The number of methoxy groups -OCH3 is 1. The molecule has 6 nitrogen and oxygen atoms in total. The molecule has 26 heavy (non-hydrogen) atoms. The third-order valence-corrected chi connectivity index (χ3v) is 4.72. The minimum Gasteiger partial charge on any atom is -0.497 e. The van der Waals surface area contributed by atoms with Crippen LogP contribution in [0, 0.1) is 0 Å². The zero-order valence-corrected chi connectivity index (χ0v) is 15.5. The lowest BCUT2D eigenvalue weighted by Crippen LogP contribution is -2.14. The van der Waals surface area contributed by atoms with E-state index in [0.717, 1.165) is 22.8 Å². The Morgan fingerprint density at radius 2 is 1.96 bits per heavy atom. The van der Waals surface area contributed by atoms with Crippen molar-refractivity contribution in [2.45, 2.75) is 18.6 Å². The van der Waals surface area contributed by atoms with E-state index in [2.05, 4.69) is 15.5 Å². The molecule has 1 heterocycles. The maximum absolute atomic E-state index is 12.1. The molecule has 0 aliphatic carbocycles. The first-order valence-electron chi connectivity index (χ1n) is 8.26. The number of thioether (sulfide) groups is 1. The number of carbonyl (C=O) groups excluding carboxylic acids is 1. The van der Waals surface area contributed by atoms with Crippen molar-refractivity contribution < 1.29 is 9.53 Å². The molecule has 0 radical (unpaired) electrons. The van der Waals surface area contributed by atoms with E-state index in [-0.39, 0.29) is 11.7 Å². The Morgan fingerprint density at radius 3 is 2.69 bits per heavy atom. The molecule has 1 N–H and O–H groups in total. The number of benzene rings is 2. The van der Waals surface area contributed by atoms with Gasteiger partial charge in [0.15, 0.2) is 11.0 Å². The average Bonchev–Trinajstić information content (AvgIpc) is 3.10. The molecule has 0 bridgehead atoms. The van der Waals surface area contributed by atoms with Crippen LogP contribution in [-0.4, -0.2) is 33.5 Å². The minimum absolute atomic E-state index is 0.0743. The van der Waals surface area contributed by atoms with E-state index < -0.39 is 0 Å². The van der Waals surface area contributed by atoms with Crippen LogP contribution in [0.5, 0.6) is 5.75 Å². The van der Waals surface area contributed by atoms with Gasteiger partial charge >= 0.3 is 0 Å². The van der Waals surface area contributed by atoms with Crippen LogP contribution in [-0.2, 0) is 11.3 Å². The van der Waals surface area contributed by atoms with Crippen molar-refractivity contribution in [3.63, 3.8) is 0 Å². The van der Waals surface area contributed by atoms with Crippen LogP contribution in [0.15, 0.2) is 59.8 Å². The highest BCUT2D eigenvalue weighted by Gasteiger charge is 2.15. The Bertz CT molecular complexity index is 880. The number of amides is 1. The summed E-state index contributed by atoms with van der Waals surface area (Å²) in [4.78, 5) is 12.1. The number of nitrogens with zero attached hydrogens (tertiary/aromatic N) is 3. The first-order chi connectivity index (χ1) is 12.7. The highest BCUT2D eigenvalue weighted by Crippen LogP contribution is 2.26. The predicted molar refractivity (Wildman–Crippen MR) is 103 cm³/mol. The second kappa shape index (κ2) is 8.53. The Labute approximate surface area is 156 Å². The Morgan fingerprint density at radius 1 is 1.15 bits per heavy atom. The molecule has 0 fully saturated rings. The third kappa shape index (κ3) is 4.23. The maximum atomic E-state index is 12.1. The van der Waals surface area contributed by atoms with E-state index in [9.17, 15) is 4.79 Å². The van der Waals surface area contributed by atoms with Gasteiger partial charge in [0.1, 0.15) is 5.75 Å². The summed E-state index contributed by atoms with van der Waals surface area (Å²) in [6.07, 6.45) is 0. The van der Waals surface area contributed by atoms with Gasteiger partial charge in [-0.3, -0.25) is 4.79 Å². The Hall–Kier alpha value is -2.80. The van der Waals surface area contributed by atoms with E-state index in [1.807, 2.05) is 66.1 Å². The highest BCUT2D eigenvalue weighted by atomic mass is 32.2. The monoisotopic (exact) mass is 368 g/mol. The summed E-state index contributed by atoms with van der Waals surface area (Å²) in [7, 11) is 1.64. The van der Waals surface area contributed by atoms with E-state index in [1.165, 1.54) is 11.8 Å². The highest BCUT2D eigenvalue weighted by molar-refractivity contribution is 7.99. The number of anilines is 1. The molecule has 134 valence electrons. The van der Waals surface area contributed by atoms with Crippen LogP contribution in [0.25, 0.3) is 11.4 Å². The van der Waals surface area contributed by atoms with Crippen LogP contribution in [0.1, 0.15) is 6.92 Å². The molecule has 3 aromatic rings. The Kier molecular flexibility index (Phi) is 5.91. The van der Waals surface area contributed by atoms with Crippen molar-refractivity contribution >= 4 is 23.4 Å². The molecule has 7 heteroatoms. The number of hydrogen-bond donors (Lipinski definition) is 1. The second-order valence-electron chi connectivity index (χ2n) is 5.49. The zero-order chi connectivity index (χ0) is 18.4. The maximum Gasteiger partial charge on any atom is 0.234 e. The topological polar surface area (TPSA) is 69.0 Å². The molecule has 0 aliphatic rings. The van der Waals surface area contributed by atoms with Crippen molar-refractivity contribution in [3.05, 3.63) is 54.6 Å². The third-order valence-electron chi connectivity index (χ3n) is 3.75. The normalized spacial score (nSPS) is 10.5. The number of ether oxygens (including phenoxy) is 1. The SMILES string of the molecule is CCn1c(SCC(=O)Nc2ccccc2)nnc1-c1cccc(OC)c1. The van der Waals surface area contributed by atoms with Crippen LogP contribution >= 0.6 is 11.8 Å². The summed E-state index contributed by atoms with van der Waals surface area (Å²) in [5, 5.41) is 12.1. The van der Waals surface area contributed by atoms with Gasteiger partial charge in [0.2, 0.25) is 5.91 Å². The van der Waals surface area contributed by atoms with Crippen LogP contribution in [0.3, 0.4) is 0 Å². The number of aromatic nitrogens is 3. The van der Waals surface area contributed by atoms with Crippen LogP contribution in [0.2, 0.25) is 0 Å². The molecule has 3 rings (SSSR count). The van der Waals surface area contributed by atoms with Crippen LogP contribution < -0.4 is 10.1 Å². The van der Waals surface area contributed by atoms with Gasteiger partial charge in [-0.2, -0.15) is 0 Å². The molecule has 1 amide bonds. The van der Waals surface area contributed by atoms with Gasteiger partial charge in [0.25, 0.3) is 0 Å². The van der Waals surface area contributed by atoms with E-state index in [4.69, 9.17) is 4.74 Å². The lowest BCUT2D eigenvalue weighted by molar-refractivity contribution is -0.113. The van der Waals surface area contributed by atoms with E-state index >= 15 is 0 Å². The lowest BCUT2D eigenvalue weighted by Gasteiger charge is -2.08. The van der Waals surface area contributed by atoms with Gasteiger partial charge in [-0.1, -0.05) is 42.1 Å². The van der Waals surface area contributed by atoms with Crippen molar-refractivity contribution in [1.82, 2.24) is 14.8 Å². The van der Waals surface area contributed by atoms with Crippen molar-refractivity contribution in [1.29, 1.82) is 0 Å². The molecule has 0 unspecified atom stereocenters. The van der Waals surface area contributed by atoms with Crippen molar-refractivity contribution in [2.75, 3.05) is 18.2 Å². The average molecular weight is 368 g/mol. The number of nitrogens with one attached hydrogen (secondary N) is 1. The van der Waals surface area contributed by atoms with Gasteiger partial charge in [-0.25, -0.2) is 0 Å².